The van der Waals surface area contributed by atoms with Crippen molar-refractivity contribution in [3.63, 3.8) is 0 Å². The van der Waals surface area contributed by atoms with Gasteiger partial charge in [-0.1, -0.05) is 71.6 Å². The van der Waals surface area contributed by atoms with Crippen LogP contribution in [0, 0.1) is 17.2 Å². The summed E-state index contributed by atoms with van der Waals surface area (Å²) in [5.74, 6) is 0.606. The lowest BCUT2D eigenvalue weighted by Gasteiger charge is -2.06. The van der Waals surface area contributed by atoms with E-state index in [0.29, 0.717) is 5.92 Å². The number of nitriles is 1. The lowest BCUT2D eigenvalue weighted by Crippen LogP contribution is -1.92. The average Bonchev–Trinajstić information content (AvgIpc) is 2.27. The van der Waals surface area contributed by atoms with Crippen molar-refractivity contribution in [1.82, 2.24) is 0 Å². The lowest BCUT2D eigenvalue weighted by molar-refractivity contribution is 0.486. The van der Waals surface area contributed by atoms with Crippen molar-refractivity contribution in [2.45, 2.75) is 84.5 Å². The molecule has 16 heavy (non-hydrogen) atoms. The van der Waals surface area contributed by atoms with Crippen molar-refractivity contribution in [2.24, 2.45) is 5.92 Å². The SMILES string of the molecule is CCCCCCCCCCCC(C)CC#N. The van der Waals surface area contributed by atoms with Gasteiger partial charge in [0, 0.05) is 6.42 Å². The Hall–Kier alpha value is -0.510. The first kappa shape index (κ1) is 15.5. The van der Waals surface area contributed by atoms with E-state index in [1.807, 2.05) is 0 Å². The number of hydrogen-bond acceptors (Lipinski definition) is 1. The third kappa shape index (κ3) is 11.6. The van der Waals surface area contributed by atoms with Crippen molar-refractivity contribution in [3.8, 4) is 6.07 Å². The first-order chi connectivity index (χ1) is 7.81. The molecule has 0 aliphatic carbocycles. The summed E-state index contributed by atoms with van der Waals surface area (Å²) in [4.78, 5) is 0. The van der Waals surface area contributed by atoms with Crippen molar-refractivity contribution in [3.05, 3.63) is 0 Å². The quantitative estimate of drug-likeness (QED) is 0.427. The first-order valence-electron chi connectivity index (χ1n) is 7.18. The minimum Gasteiger partial charge on any atom is -0.198 e. The summed E-state index contributed by atoms with van der Waals surface area (Å²) in [7, 11) is 0. The zero-order valence-corrected chi connectivity index (χ0v) is 11.3. The van der Waals surface area contributed by atoms with Crippen LogP contribution in [0.3, 0.4) is 0 Å². The van der Waals surface area contributed by atoms with Gasteiger partial charge in [-0.05, 0) is 12.3 Å². The van der Waals surface area contributed by atoms with Crippen molar-refractivity contribution in [1.29, 1.82) is 5.26 Å². The molecule has 94 valence electrons. The van der Waals surface area contributed by atoms with Gasteiger partial charge in [-0.15, -0.1) is 0 Å². The largest absolute Gasteiger partial charge is 0.198 e. The van der Waals surface area contributed by atoms with E-state index in [9.17, 15) is 0 Å². The third-order valence-electron chi connectivity index (χ3n) is 3.24. The number of hydrogen-bond donors (Lipinski definition) is 0. The molecule has 0 N–H and O–H groups in total. The van der Waals surface area contributed by atoms with Crippen molar-refractivity contribution in [2.75, 3.05) is 0 Å². The van der Waals surface area contributed by atoms with Crippen molar-refractivity contribution < 1.29 is 0 Å². The molecule has 0 aliphatic rings. The highest BCUT2D eigenvalue weighted by atomic mass is 14.2. The average molecular weight is 223 g/mol. The molecule has 0 saturated carbocycles. The van der Waals surface area contributed by atoms with E-state index in [1.54, 1.807) is 0 Å². The predicted octanol–water partition coefficient (Wildman–Crippen LogP) is 5.46. The second kappa shape index (κ2) is 12.6. The Balaban J connectivity index is 3.01. The molecule has 1 atom stereocenters. The standard InChI is InChI=1S/C15H29N/c1-3-4-5-6-7-8-9-10-11-12-15(2)13-14-16/h15H,3-13H2,1-2H3. The van der Waals surface area contributed by atoms with E-state index >= 15 is 0 Å². The summed E-state index contributed by atoms with van der Waals surface area (Å²) in [6, 6.07) is 2.25. The lowest BCUT2D eigenvalue weighted by atomic mass is 9.99. The van der Waals surface area contributed by atoms with Gasteiger partial charge in [0.15, 0.2) is 0 Å². The zero-order valence-electron chi connectivity index (χ0n) is 11.3. The normalized spacial score (nSPS) is 12.3. The fourth-order valence-corrected chi connectivity index (χ4v) is 2.06. The molecular formula is C15H29N. The van der Waals surface area contributed by atoms with Crippen LogP contribution in [0.15, 0.2) is 0 Å². The van der Waals surface area contributed by atoms with Crippen LogP contribution in [-0.4, -0.2) is 0 Å². The summed E-state index contributed by atoms with van der Waals surface area (Å²) < 4.78 is 0. The molecule has 0 heterocycles. The molecule has 1 heteroatoms. The van der Waals surface area contributed by atoms with Crippen LogP contribution >= 0.6 is 0 Å². The zero-order chi connectivity index (χ0) is 12.1. The second-order valence-corrected chi connectivity index (χ2v) is 5.08. The molecule has 0 bridgehead atoms. The molecule has 0 fully saturated rings. The van der Waals surface area contributed by atoms with Crippen LogP contribution in [0.1, 0.15) is 84.5 Å². The summed E-state index contributed by atoms with van der Waals surface area (Å²) in [5, 5.41) is 8.53. The summed E-state index contributed by atoms with van der Waals surface area (Å²) in [6.07, 6.45) is 14.5. The first-order valence-corrected chi connectivity index (χ1v) is 7.18. The fourth-order valence-electron chi connectivity index (χ4n) is 2.06. The van der Waals surface area contributed by atoms with Gasteiger partial charge in [0.1, 0.15) is 0 Å². The van der Waals surface area contributed by atoms with Gasteiger partial charge < -0.3 is 0 Å². The topological polar surface area (TPSA) is 23.8 Å². The molecule has 1 nitrogen and oxygen atoms in total. The Morgan fingerprint density at radius 3 is 1.88 bits per heavy atom. The van der Waals surface area contributed by atoms with Gasteiger partial charge in [-0.3, -0.25) is 0 Å². The molecule has 0 saturated heterocycles. The summed E-state index contributed by atoms with van der Waals surface area (Å²) in [5.41, 5.74) is 0. The maximum atomic E-state index is 8.53. The van der Waals surface area contributed by atoms with Crippen LogP contribution in [0.5, 0.6) is 0 Å². The van der Waals surface area contributed by atoms with E-state index in [-0.39, 0.29) is 0 Å². The Morgan fingerprint density at radius 2 is 1.38 bits per heavy atom. The fraction of sp³-hybridized carbons (Fsp3) is 0.933. The highest BCUT2D eigenvalue weighted by molar-refractivity contribution is 4.72. The Labute approximate surface area is 102 Å². The highest BCUT2D eigenvalue weighted by Crippen LogP contribution is 2.14. The van der Waals surface area contributed by atoms with Gasteiger partial charge in [0.2, 0.25) is 0 Å². The van der Waals surface area contributed by atoms with E-state index in [2.05, 4.69) is 19.9 Å². The van der Waals surface area contributed by atoms with Crippen LogP contribution in [-0.2, 0) is 0 Å². The molecule has 0 radical (unpaired) electrons. The highest BCUT2D eigenvalue weighted by Gasteiger charge is 2.00. The smallest absolute Gasteiger partial charge is 0.0624 e. The van der Waals surface area contributed by atoms with Gasteiger partial charge in [0.05, 0.1) is 6.07 Å². The van der Waals surface area contributed by atoms with Crippen molar-refractivity contribution >= 4 is 0 Å². The number of rotatable bonds is 11. The summed E-state index contributed by atoms with van der Waals surface area (Å²) >= 11 is 0. The summed E-state index contributed by atoms with van der Waals surface area (Å²) in [6.45, 7) is 4.45. The minimum atomic E-state index is 0.606. The van der Waals surface area contributed by atoms with Crippen LogP contribution in [0.2, 0.25) is 0 Å². The predicted molar refractivity (Wildman–Crippen MR) is 71.2 cm³/mol. The molecular weight excluding hydrogens is 194 g/mol. The van der Waals surface area contributed by atoms with Gasteiger partial charge in [-0.25, -0.2) is 0 Å². The molecule has 0 rings (SSSR count). The van der Waals surface area contributed by atoms with Crippen LogP contribution < -0.4 is 0 Å². The number of nitrogens with zero attached hydrogens (tertiary/aromatic N) is 1. The number of unbranched alkanes of at least 4 members (excludes halogenated alkanes) is 8. The monoisotopic (exact) mass is 223 g/mol. The Bertz CT molecular complexity index is 169. The molecule has 0 aromatic heterocycles. The van der Waals surface area contributed by atoms with Gasteiger partial charge >= 0.3 is 0 Å². The molecule has 0 aliphatic heterocycles. The van der Waals surface area contributed by atoms with Crippen LogP contribution in [0.25, 0.3) is 0 Å². The Kier molecular flexibility index (Phi) is 12.2. The van der Waals surface area contributed by atoms with Gasteiger partial charge in [0.25, 0.3) is 0 Å². The molecule has 0 aromatic carbocycles. The maximum absolute atomic E-state index is 8.53. The second-order valence-electron chi connectivity index (χ2n) is 5.08. The molecule has 0 spiro atoms. The molecule has 1 unspecified atom stereocenters. The van der Waals surface area contributed by atoms with Gasteiger partial charge in [-0.2, -0.15) is 5.26 Å². The maximum Gasteiger partial charge on any atom is 0.0624 e. The molecule has 0 amide bonds. The third-order valence-corrected chi connectivity index (χ3v) is 3.24. The van der Waals surface area contributed by atoms with E-state index in [0.717, 1.165) is 6.42 Å². The van der Waals surface area contributed by atoms with E-state index in [4.69, 9.17) is 5.26 Å². The van der Waals surface area contributed by atoms with E-state index < -0.39 is 0 Å². The van der Waals surface area contributed by atoms with Crippen LogP contribution in [0.4, 0.5) is 0 Å². The molecule has 0 aromatic rings. The Morgan fingerprint density at radius 1 is 0.875 bits per heavy atom. The van der Waals surface area contributed by atoms with E-state index in [1.165, 1.54) is 64.2 Å². The minimum absolute atomic E-state index is 0.606.